The number of carbonyl (C=O) groups is 1. The van der Waals surface area contributed by atoms with Crippen molar-refractivity contribution >= 4 is 22.9 Å². The van der Waals surface area contributed by atoms with Crippen molar-refractivity contribution in [1.29, 1.82) is 0 Å². The first-order valence-electron chi connectivity index (χ1n) is 6.75. The zero-order valence-electron chi connectivity index (χ0n) is 12.4. The van der Waals surface area contributed by atoms with E-state index in [2.05, 4.69) is 9.82 Å². The molecule has 0 amide bonds. The Bertz CT molecular complexity index is 950. The molecule has 0 atom stereocenters. The van der Waals surface area contributed by atoms with Gasteiger partial charge >= 0.3 is 6.16 Å². The smallest absolute Gasteiger partial charge is 0.457 e. The topological polar surface area (TPSA) is 117 Å². The van der Waals surface area contributed by atoms with Crippen LogP contribution in [0.2, 0.25) is 0 Å². The molecule has 0 aliphatic heterocycles. The van der Waals surface area contributed by atoms with Gasteiger partial charge in [-0.3, -0.25) is 15.0 Å². The normalized spacial score (nSPS) is 10.5. The first-order chi connectivity index (χ1) is 11.4. The van der Waals surface area contributed by atoms with E-state index < -0.39 is 11.1 Å². The Morgan fingerprint density at radius 3 is 2.75 bits per heavy atom. The van der Waals surface area contributed by atoms with Crippen molar-refractivity contribution < 1.29 is 24.4 Å². The van der Waals surface area contributed by atoms with Crippen molar-refractivity contribution in [2.75, 3.05) is 0 Å². The van der Waals surface area contributed by atoms with Crippen molar-refractivity contribution in [3.63, 3.8) is 0 Å². The molecule has 2 aromatic carbocycles. The minimum Gasteiger partial charge on any atom is -0.457 e. The molecule has 0 fully saturated rings. The lowest BCUT2D eigenvalue weighted by Crippen LogP contribution is -2.16. The van der Waals surface area contributed by atoms with Gasteiger partial charge in [0.1, 0.15) is 23.3 Å². The highest BCUT2D eigenvalue weighted by Gasteiger charge is 2.12. The molecule has 3 rings (SSSR count). The van der Waals surface area contributed by atoms with Gasteiger partial charge in [0.15, 0.2) is 0 Å². The van der Waals surface area contributed by atoms with Crippen molar-refractivity contribution in [1.82, 2.24) is 9.71 Å². The molecule has 0 radical (unpaired) electrons. The molecule has 3 aromatic rings. The van der Waals surface area contributed by atoms with E-state index in [9.17, 15) is 14.9 Å². The van der Waals surface area contributed by atoms with E-state index in [1.165, 1.54) is 24.5 Å². The Labute approximate surface area is 134 Å². The highest BCUT2D eigenvalue weighted by atomic mass is 16.8. The maximum Gasteiger partial charge on any atom is 0.531 e. The number of ether oxygens (including phenoxy) is 1. The molecule has 0 unspecified atom stereocenters. The van der Waals surface area contributed by atoms with Crippen LogP contribution < -0.4 is 9.57 Å². The van der Waals surface area contributed by atoms with E-state index >= 15 is 0 Å². The summed E-state index contributed by atoms with van der Waals surface area (Å²) < 4.78 is 6.72. The average molecular weight is 329 g/mol. The van der Waals surface area contributed by atoms with Crippen LogP contribution in [-0.2, 0) is 0 Å². The number of hydrogen-bond acceptors (Lipinski definition) is 6. The zero-order valence-corrected chi connectivity index (χ0v) is 12.4. The number of nitrogens with zero attached hydrogens (tertiary/aromatic N) is 3. The minimum absolute atomic E-state index is 0.0248. The van der Waals surface area contributed by atoms with Gasteiger partial charge in [-0.15, -0.1) is 0 Å². The second-order valence-electron chi connectivity index (χ2n) is 4.89. The summed E-state index contributed by atoms with van der Waals surface area (Å²) in [5.74, 6) is 0.861. The van der Waals surface area contributed by atoms with E-state index in [1.54, 1.807) is 25.1 Å². The van der Waals surface area contributed by atoms with Crippen LogP contribution >= 0.6 is 0 Å². The third-order valence-electron chi connectivity index (χ3n) is 3.26. The van der Waals surface area contributed by atoms with Crippen LogP contribution in [0.4, 0.5) is 10.5 Å². The zero-order chi connectivity index (χ0) is 17.3. The summed E-state index contributed by atoms with van der Waals surface area (Å²) >= 11 is 0. The van der Waals surface area contributed by atoms with Gasteiger partial charge in [-0.25, -0.2) is 9.78 Å². The molecule has 1 heterocycles. The van der Waals surface area contributed by atoms with Crippen molar-refractivity contribution in [2.24, 2.45) is 0 Å². The quantitative estimate of drug-likeness (QED) is 0.577. The fraction of sp³-hybridized carbons (Fsp3) is 0.0667. The van der Waals surface area contributed by atoms with Gasteiger partial charge in [-0.1, -0.05) is 0 Å². The standard InChI is InChI=1S/C15H11N3O6/c1-9-6-10(18(21)22)2-5-14(9)23-11-3-4-12-13(7-11)17(8-16-12)24-15(19)20/h2-8H,1H3,(H,19,20). The Morgan fingerprint density at radius 1 is 1.29 bits per heavy atom. The first-order valence-corrected chi connectivity index (χ1v) is 6.75. The maximum atomic E-state index is 10.8. The number of carboxylic acid groups (broad SMARTS) is 1. The predicted molar refractivity (Wildman–Crippen MR) is 82.2 cm³/mol. The summed E-state index contributed by atoms with van der Waals surface area (Å²) in [6.07, 6.45) is -0.230. The highest BCUT2D eigenvalue weighted by Crippen LogP contribution is 2.29. The van der Waals surface area contributed by atoms with Crippen LogP contribution in [0.15, 0.2) is 42.7 Å². The number of rotatable bonds is 4. The highest BCUT2D eigenvalue weighted by molar-refractivity contribution is 5.77. The molecular formula is C15H11N3O6. The molecule has 0 spiro atoms. The van der Waals surface area contributed by atoms with E-state index in [0.717, 1.165) is 4.73 Å². The number of nitro benzene ring substituents is 1. The molecule has 0 aliphatic carbocycles. The van der Waals surface area contributed by atoms with Crippen LogP contribution in [-0.4, -0.2) is 25.9 Å². The molecule has 9 heteroatoms. The van der Waals surface area contributed by atoms with Crippen LogP contribution in [0.25, 0.3) is 11.0 Å². The maximum absolute atomic E-state index is 10.8. The minimum atomic E-state index is -1.47. The number of non-ortho nitro benzene ring substituents is 1. The Kier molecular flexibility index (Phi) is 3.74. The molecule has 0 saturated carbocycles. The van der Waals surface area contributed by atoms with E-state index in [4.69, 9.17) is 9.84 Å². The van der Waals surface area contributed by atoms with E-state index in [0.29, 0.717) is 28.1 Å². The van der Waals surface area contributed by atoms with Crippen molar-refractivity contribution in [3.8, 4) is 11.5 Å². The van der Waals surface area contributed by atoms with Gasteiger partial charge in [-0.2, -0.15) is 4.73 Å². The fourth-order valence-electron chi connectivity index (χ4n) is 2.17. The van der Waals surface area contributed by atoms with Crippen LogP contribution in [0, 0.1) is 17.0 Å². The lowest BCUT2D eigenvalue weighted by atomic mass is 10.2. The summed E-state index contributed by atoms with van der Waals surface area (Å²) in [5.41, 5.74) is 1.52. The van der Waals surface area contributed by atoms with E-state index in [-0.39, 0.29) is 5.69 Å². The monoisotopic (exact) mass is 329 g/mol. The molecule has 0 aliphatic rings. The fourth-order valence-corrected chi connectivity index (χ4v) is 2.17. The number of imidazole rings is 1. The summed E-state index contributed by atoms with van der Waals surface area (Å²) in [6, 6.07) is 9.12. The molecule has 9 nitrogen and oxygen atoms in total. The Morgan fingerprint density at radius 2 is 2.08 bits per heavy atom. The first kappa shape index (κ1) is 15.3. The van der Waals surface area contributed by atoms with Gasteiger partial charge in [0.05, 0.1) is 10.4 Å². The second kappa shape index (κ2) is 5.88. The largest absolute Gasteiger partial charge is 0.531 e. The molecule has 0 saturated heterocycles. The number of hydrogen-bond donors (Lipinski definition) is 1. The van der Waals surface area contributed by atoms with Crippen molar-refractivity contribution in [2.45, 2.75) is 6.92 Å². The Balaban J connectivity index is 1.92. The average Bonchev–Trinajstić information content (AvgIpc) is 2.91. The molecule has 122 valence electrons. The molecule has 24 heavy (non-hydrogen) atoms. The lowest BCUT2D eigenvalue weighted by molar-refractivity contribution is -0.384. The number of nitro groups is 1. The van der Waals surface area contributed by atoms with Gasteiger partial charge in [0.2, 0.25) is 0 Å². The summed E-state index contributed by atoms with van der Waals surface area (Å²) in [5, 5.41) is 19.5. The third kappa shape index (κ3) is 2.95. The number of aryl methyl sites for hydroxylation is 1. The molecular weight excluding hydrogens is 318 g/mol. The number of benzene rings is 2. The van der Waals surface area contributed by atoms with Gasteiger partial charge in [0, 0.05) is 18.2 Å². The SMILES string of the molecule is Cc1cc([N+](=O)[O-])ccc1Oc1ccc2ncn(OC(=O)O)c2c1. The van der Waals surface area contributed by atoms with Crippen LogP contribution in [0.3, 0.4) is 0 Å². The van der Waals surface area contributed by atoms with E-state index in [1.807, 2.05) is 0 Å². The van der Waals surface area contributed by atoms with Crippen LogP contribution in [0.1, 0.15) is 5.56 Å². The number of aromatic nitrogens is 2. The molecule has 1 aromatic heterocycles. The van der Waals surface area contributed by atoms with Gasteiger partial charge in [0.25, 0.3) is 5.69 Å². The third-order valence-corrected chi connectivity index (χ3v) is 3.26. The van der Waals surface area contributed by atoms with Gasteiger partial charge < -0.3 is 9.84 Å². The lowest BCUT2D eigenvalue weighted by Gasteiger charge is -2.09. The van der Waals surface area contributed by atoms with Crippen molar-refractivity contribution in [3.05, 3.63) is 58.4 Å². The van der Waals surface area contributed by atoms with Gasteiger partial charge in [-0.05, 0) is 30.7 Å². The van der Waals surface area contributed by atoms with Crippen LogP contribution in [0.5, 0.6) is 11.5 Å². The summed E-state index contributed by atoms with van der Waals surface area (Å²) in [6.45, 7) is 1.69. The predicted octanol–water partition coefficient (Wildman–Crippen LogP) is 3.15. The Hall–Kier alpha value is -3.62. The summed E-state index contributed by atoms with van der Waals surface area (Å²) in [4.78, 5) is 29.5. The second-order valence-corrected chi connectivity index (χ2v) is 4.89. The summed E-state index contributed by atoms with van der Waals surface area (Å²) in [7, 11) is 0. The number of fused-ring (bicyclic) bond motifs is 1. The molecule has 1 N–H and O–H groups in total. The molecule has 0 bridgehead atoms.